The third-order valence-corrected chi connectivity index (χ3v) is 6.35. The van der Waals surface area contributed by atoms with Crippen LogP contribution in [0.25, 0.3) is 0 Å². The van der Waals surface area contributed by atoms with Crippen molar-refractivity contribution < 1.29 is 13.2 Å². The maximum Gasteiger partial charge on any atom is 0.255 e. The summed E-state index contributed by atoms with van der Waals surface area (Å²) in [6, 6.07) is 13.0. The first-order valence-electron chi connectivity index (χ1n) is 8.14. The zero-order valence-corrected chi connectivity index (χ0v) is 15.2. The lowest BCUT2D eigenvalue weighted by Crippen LogP contribution is -2.36. The van der Waals surface area contributed by atoms with Gasteiger partial charge in [-0.05, 0) is 43.2 Å². The Morgan fingerprint density at radius 1 is 1.00 bits per heavy atom. The highest BCUT2D eigenvalue weighted by atomic mass is 35.5. The smallest absolute Gasteiger partial charge is 0.255 e. The van der Waals surface area contributed by atoms with E-state index in [4.69, 9.17) is 11.6 Å². The van der Waals surface area contributed by atoms with Gasteiger partial charge in [-0.25, -0.2) is 8.42 Å². The van der Waals surface area contributed by atoms with Crippen LogP contribution < -0.4 is 5.32 Å². The summed E-state index contributed by atoms with van der Waals surface area (Å²) in [6.07, 6.45) is 2.76. The van der Waals surface area contributed by atoms with Crippen LogP contribution in [0, 0.1) is 0 Å². The highest BCUT2D eigenvalue weighted by Gasteiger charge is 2.28. The van der Waals surface area contributed by atoms with Gasteiger partial charge in [-0.3, -0.25) is 4.79 Å². The molecule has 0 saturated carbocycles. The van der Waals surface area contributed by atoms with Crippen LogP contribution >= 0.6 is 11.6 Å². The van der Waals surface area contributed by atoms with E-state index in [1.807, 2.05) is 0 Å². The molecule has 1 N–H and O–H groups in total. The Bertz CT molecular complexity index is 877. The first kappa shape index (κ1) is 17.9. The van der Waals surface area contributed by atoms with Gasteiger partial charge in [0.2, 0.25) is 10.0 Å². The van der Waals surface area contributed by atoms with E-state index in [-0.39, 0.29) is 10.6 Å². The van der Waals surface area contributed by atoms with Gasteiger partial charge >= 0.3 is 0 Å². The second-order valence-electron chi connectivity index (χ2n) is 5.93. The zero-order chi connectivity index (χ0) is 17.9. The molecule has 3 rings (SSSR count). The van der Waals surface area contributed by atoms with Gasteiger partial charge in [-0.2, -0.15) is 4.31 Å². The molecule has 0 radical (unpaired) electrons. The molecule has 0 atom stereocenters. The summed E-state index contributed by atoms with van der Waals surface area (Å²) in [5.41, 5.74) is 0.649. The van der Waals surface area contributed by atoms with E-state index in [1.54, 1.807) is 42.5 Å². The molecule has 1 aliphatic rings. The third-order valence-electron chi connectivity index (χ3n) is 4.15. The van der Waals surface area contributed by atoms with Gasteiger partial charge in [0.1, 0.15) is 4.90 Å². The number of carbonyl (C=O) groups excluding carboxylic acids is 1. The molecule has 1 fully saturated rings. The molecule has 2 aromatic rings. The first-order valence-corrected chi connectivity index (χ1v) is 9.96. The molecule has 1 saturated heterocycles. The van der Waals surface area contributed by atoms with Crippen LogP contribution in [0.2, 0.25) is 5.02 Å². The highest BCUT2D eigenvalue weighted by Crippen LogP contribution is 2.27. The van der Waals surface area contributed by atoms with Crippen molar-refractivity contribution in [2.45, 2.75) is 24.2 Å². The van der Waals surface area contributed by atoms with Crippen LogP contribution in [-0.2, 0) is 10.0 Å². The number of amides is 1. The minimum absolute atomic E-state index is 0.118. The summed E-state index contributed by atoms with van der Waals surface area (Å²) < 4.78 is 27.4. The van der Waals surface area contributed by atoms with Gasteiger partial charge in [-0.15, -0.1) is 0 Å². The summed E-state index contributed by atoms with van der Waals surface area (Å²) in [7, 11) is -3.64. The molecule has 0 aliphatic carbocycles. The average molecular weight is 379 g/mol. The Kier molecular flexibility index (Phi) is 5.42. The maximum absolute atomic E-state index is 12.9. The van der Waals surface area contributed by atoms with Gasteiger partial charge < -0.3 is 5.32 Å². The first-order chi connectivity index (χ1) is 12.0. The fraction of sp³-hybridized carbons (Fsp3) is 0.278. The number of carbonyl (C=O) groups is 1. The molecule has 0 bridgehead atoms. The number of halogens is 1. The molecule has 1 heterocycles. The summed E-state index contributed by atoms with van der Waals surface area (Å²) >= 11 is 5.91. The van der Waals surface area contributed by atoms with Gasteiger partial charge in [0.25, 0.3) is 5.91 Å². The largest absolute Gasteiger partial charge is 0.321 e. The maximum atomic E-state index is 12.9. The molecule has 5 nitrogen and oxygen atoms in total. The fourth-order valence-corrected chi connectivity index (χ4v) is 4.72. The Morgan fingerprint density at radius 3 is 2.44 bits per heavy atom. The second-order valence-corrected chi connectivity index (χ2v) is 8.27. The summed E-state index contributed by atoms with van der Waals surface area (Å²) in [6.45, 7) is 1.03. The standard InChI is InChI=1S/C18H19ClN2O3S/c19-15-8-6-7-14(13-15)18(22)20-16-9-2-3-10-17(16)25(23,24)21-11-4-1-5-12-21/h2-3,6-10,13H,1,4-5,11-12H2,(H,20,22). The molecule has 132 valence electrons. The van der Waals surface area contributed by atoms with E-state index in [0.29, 0.717) is 23.7 Å². The van der Waals surface area contributed by atoms with Gasteiger partial charge in [0.15, 0.2) is 0 Å². The number of anilines is 1. The molecule has 0 aromatic heterocycles. The molecule has 7 heteroatoms. The zero-order valence-electron chi connectivity index (χ0n) is 13.6. The van der Waals surface area contributed by atoms with Crippen LogP contribution in [0.15, 0.2) is 53.4 Å². The van der Waals surface area contributed by atoms with Crippen molar-refractivity contribution in [2.75, 3.05) is 18.4 Å². The number of para-hydroxylation sites is 1. The van der Waals surface area contributed by atoms with Crippen molar-refractivity contribution in [1.82, 2.24) is 4.31 Å². The van der Waals surface area contributed by atoms with E-state index >= 15 is 0 Å². The number of nitrogens with zero attached hydrogens (tertiary/aromatic N) is 1. The normalized spacial score (nSPS) is 15.7. The van der Waals surface area contributed by atoms with E-state index < -0.39 is 15.9 Å². The summed E-state index contributed by atoms with van der Waals surface area (Å²) in [5, 5.41) is 3.14. The molecule has 0 spiro atoms. The van der Waals surface area contributed by atoms with E-state index in [2.05, 4.69) is 5.32 Å². The number of sulfonamides is 1. The minimum atomic E-state index is -3.64. The Labute approximate surface area is 152 Å². The molecule has 1 aliphatic heterocycles. The molecular formula is C18H19ClN2O3S. The summed E-state index contributed by atoms with van der Waals surface area (Å²) in [5.74, 6) is -0.399. The van der Waals surface area contributed by atoms with Gasteiger partial charge in [-0.1, -0.05) is 36.2 Å². The van der Waals surface area contributed by atoms with Crippen molar-refractivity contribution in [3.8, 4) is 0 Å². The van der Waals surface area contributed by atoms with Crippen molar-refractivity contribution >= 4 is 33.2 Å². The lowest BCUT2D eigenvalue weighted by molar-refractivity contribution is 0.102. The van der Waals surface area contributed by atoms with Crippen LogP contribution in [0.3, 0.4) is 0 Å². The third kappa shape index (κ3) is 4.03. The predicted molar refractivity (Wildman–Crippen MR) is 98.5 cm³/mol. The Balaban J connectivity index is 1.89. The topological polar surface area (TPSA) is 66.5 Å². The average Bonchev–Trinajstić information content (AvgIpc) is 2.63. The number of nitrogens with one attached hydrogen (secondary N) is 1. The number of hydrogen-bond acceptors (Lipinski definition) is 3. The predicted octanol–water partition coefficient (Wildman–Crippen LogP) is 3.77. The lowest BCUT2D eigenvalue weighted by Gasteiger charge is -2.26. The molecule has 1 amide bonds. The van der Waals surface area contributed by atoms with Crippen molar-refractivity contribution in [3.05, 3.63) is 59.1 Å². The van der Waals surface area contributed by atoms with E-state index in [0.717, 1.165) is 19.3 Å². The monoisotopic (exact) mass is 378 g/mol. The molecule has 2 aromatic carbocycles. The molecular weight excluding hydrogens is 360 g/mol. The number of rotatable bonds is 4. The van der Waals surface area contributed by atoms with Crippen molar-refractivity contribution in [3.63, 3.8) is 0 Å². The van der Waals surface area contributed by atoms with Gasteiger partial charge in [0, 0.05) is 23.7 Å². The van der Waals surface area contributed by atoms with Crippen LogP contribution in [0.5, 0.6) is 0 Å². The molecule has 25 heavy (non-hydrogen) atoms. The lowest BCUT2D eigenvalue weighted by atomic mass is 10.2. The number of benzene rings is 2. The summed E-state index contributed by atoms with van der Waals surface area (Å²) in [4.78, 5) is 12.6. The quantitative estimate of drug-likeness (QED) is 0.880. The Hall–Kier alpha value is -1.89. The van der Waals surface area contributed by atoms with E-state index in [1.165, 1.54) is 10.4 Å². The van der Waals surface area contributed by atoms with Crippen LogP contribution in [0.1, 0.15) is 29.6 Å². The molecule has 0 unspecified atom stereocenters. The minimum Gasteiger partial charge on any atom is -0.321 e. The SMILES string of the molecule is O=C(Nc1ccccc1S(=O)(=O)N1CCCCC1)c1cccc(Cl)c1. The van der Waals surface area contributed by atoms with Gasteiger partial charge in [0.05, 0.1) is 5.69 Å². The fourth-order valence-electron chi connectivity index (χ4n) is 2.86. The highest BCUT2D eigenvalue weighted by molar-refractivity contribution is 7.89. The van der Waals surface area contributed by atoms with Crippen molar-refractivity contribution in [1.29, 1.82) is 0 Å². The van der Waals surface area contributed by atoms with Crippen molar-refractivity contribution in [2.24, 2.45) is 0 Å². The van der Waals surface area contributed by atoms with E-state index in [9.17, 15) is 13.2 Å². The van der Waals surface area contributed by atoms with Crippen LogP contribution in [-0.4, -0.2) is 31.7 Å². The Morgan fingerprint density at radius 2 is 1.72 bits per heavy atom. The number of piperidine rings is 1. The number of hydrogen-bond donors (Lipinski definition) is 1. The van der Waals surface area contributed by atoms with Crippen LogP contribution in [0.4, 0.5) is 5.69 Å². The second kappa shape index (κ2) is 7.56.